The van der Waals surface area contributed by atoms with Crippen molar-refractivity contribution < 1.29 is 8.98 Å². The molecule has 0 amide bonds. The second-order valence-corrected chi connectivity index (χ2v) is 6.82. The van der Waals surface area contributed by atoms with Crippen molar-refractivity contribution >= 4 is 64.2 Å². The van der Waals surface area contributed by atoms with Gasteiger partial charge in [0, 0.05) is 0 Å². The molecule has 0 spiro atoms. The van der Waals surface area contributed by atoms with E-state index in [-0.39, 0.29) is 12.0 Å². The molecule has 0 aliphatic rings. The van der Waals surface area contributed by atoms with Crippen LogP contribution in [0.3, 0.4) is 0 Å². The van der Waals surface area contributed by atoms with Gasteiger partial charge >= 0.3 is 109 Å². The summed E-state index contributed by atoms with van der Waals surface area (Å²) >= 11 is 4.18. The number of aldehydes is 1. The van der Waals surface area contributed by atoms with Crippen LogP contribution in [0, 0.1) is 5.92 Å². The van der Waals surface area contributed by atoms with Gasteiger partial charge in [-0.05, 0) is 0 Å². The molecule has 0 saturated heterocycles. The Morgan fingerprint density at radius 1 is 1.69 bits per heavy atom. The molecule has 0 aromatic rings. The molecule has 0 aromatic carbocycles. The van der Waals surface area contributed by atoms with Gasteiger partial charge in [0.2, 0.25) is 0 Å². The SMILES string of the molecule is B#[SH](I)O[C@@H](CC=O)[C@@H](C)/C=C/I. The van der Waals surface area contributed by atoms with Gasteiger partial charge in [-0.25, -0.2) is 0 Å². The van der Waals surface area contributed by atoms with E-state index >= 15 is 0 Å². The van der Waals surface area contributed by atoms with Crippen molar-refractivity contribution in [2.24, 2.45) is 5.92 Å². The second kappa shape index (κ2) is 8.54. The average molecular weight is 424 g/mol. The summed E-state index contributed by atoms with van der Waals surface area (Å²) in [4.78, 5) is 10.4. The predicted molar refractivity (Wildman–Crippen MR) is 76.6 cm³/mol. The van der Waals surface area contributed by atoms with Crippen LogP contribution in [0.4, 0.5) is 0 Å². The van der Waals surface area contributed by atoms with E-state index in [1.807, 2.05) is 38.3 Å². The maximum absolute atomic E-state index is 10.4. The normalized spacial score (nSPS) is 18.5. The summed E-state index contributed by atoms with van der Waals surface area (Å²) in [7, 11) is -0.920. The third-order valence-corrected chi connectivity index (χ3v) is 3.10. The van der Waals surface area contributed by atoms with Crippen molar-refractivity contribution in [1.29, 1.82) is 0 Å². The van der Waals surface area contributed by atoms with Gasteiger partial charge < -0.3 is 0 Å². The zero-order valence-corrected chi connectivity index (χ0v) is 12.4. The van der Waals surface area contributed by atoms with Crippen LogP contribution in [-0.2, 0) is 8.98 Å². The molecule has 0 saturated carbocycles. The molecule has 0 aromatic heterocycles. The van der Waals surface area contributed by atoms with Gasteiger partial charge in [0.1, 0.15) is 0 Å². The summed E-state index contributed by atoms with van der Waals surface area (Å²) in [6, 6.07) is 0. The van der Waals surface area contributed by atoms with E-state index in [0.29, 0.717) is 6.42 Å². The van der Waals surface area contributed by atoms with E-state index < -0.39 is 7.58 Å². The molecule has 6 heteroatoms. The van der Waals surface area contributed by atoms with Crippen LogP contribution >= 0.6 is 51.4 Å². The van der Waals surface area contributed by atoms with Gasteiger partial charge in [0.25, 0.3) is 0 Å². The van der Waals surface area contributed by atoms with Crippen LogP contribution in [0.25, 0.3) is 0 Å². The zero-order valence-electron chi connectivity index (χ0n) is 7.19. The summed E-state index contributed by atoms with van der Waals surface area (Å²) < 4.78 is 7.37. The minimum atomic E-state index is -0.920. The third kappa shape index (κ3) is 7.21. The van der Waals surface area contributed by atoms with E-state index in [9.17, 15) is 4.79 Å². The van der Waals surface area contributed by atoms with Gasteiger partial charge in [0.05, 0.1) is 0 Å². The van der Waals surface area contributed by atoms with Crippen LogP contribution in [0.15, 0.2) is 10.2 Å². The number of hydrogen-bond acceptors (Lipinski definition) is 2. The summed E-state index contributed by atoms with van der Waals surface area (Å²) in [6.07, 6.45) is 3.19. The number of halogens is 2. The Bertz CT molecular complexity index is 249. The number of hydrogen-bond donors (Lipinski definition) is 1. The monoisotopic (exact) mass is 424 g/mol. The fourth-order valence-electron chi connectivity index (χ4n) is 0.817. The summed E-state index contributed by atoms with van der Waals surface area (Å²) in [5.41, 5.74) is 0. The summed E-state index contributed by atoms with van der Waals surface area (Å²) in [5.74, 6) is 0.227. The Morgan fingerprint density at radius 3 is 2.69 bits per heavy atom. The van der Waals surface area contributed by atoms with Crippen LogP contribution in [0.5, 0.6) is 0 Å². The first-order chi connectivity index (χ1) is 6.11. The molecule has 0 bridgehead atoms. The molecule has 0 fully saturated rings. The van der Waals surface area contributed by atoms with E-state index in [1.54, 1.807) is 0 Å². The molecule has 2 nitrogen and oxygen atoms in total. The van der Waals surface area contributed by atoms with Crippen LogP contribution in [0.2, 0.25) is 0 Å². The van der Waals surface area contributed by atoms with Crippen molar-refractivity contribution in [3.05, 3.63) is 10.2 Å². The number of carbonyl (C=O) groups excluding carboxylic acids is 1. The van der Waals surface area contributed by atoms with Crippen molar-refractivity contribution in [2.75, 3.05) is 0 Å². The Labute approximate surface area is 108 Å². The standard InChI is InChI=1S/C7H11BI2O2S/c1-6(2-4-9)7(3-5-11)12-13(8)10/h2,4-7,13H,3H2,1H3/b4-2+/t6-,7-/m0/s1. The third-order valence-electron chi connectivity index (χ3n) is 1.53. The Kier molecular flexibility index (Phi) is 9.36. The van der Waals surface area contributed by atoms with Gasteiger partial charge in [-0.15, -0.1) is 0 Å². The number of rotatable bonds is 5. The first-order valence-electron chi connectivity index (χ1n) is 3.69. The molecular weight excluding hydrogens is 413 g/mol. The fraction of sp³-hybridized carbons (Fsp3) is 0.571. The van der Waals surface area contributed by atoms with E-state index in [0.717, 1.165) is 6.29 Å². The predicted octanol–water partition coefficient (Wildman–Crippen LogP) is 2.90. The Hall–Kier alpha value is 1.24. The second-order valence-electron chi connectivity index (χ2n) is 2.50. The molecule has 0 rings (SSSR count). The zero-order chi connectivity index (χ0) is 10.3. The first-order valence-corrected chi connectivity index (χ1v) is 9.05. The summed E-state index contributed by atoms with van der Waals surface area (Å²) in [6.45, 7) is 7.56. The van der Waals surface area contributed by atoms with Crippen molar-refractivity contribution in [2.45, 2.75) is 19.4 Å². The molecule has 0 N–H and O–H groups in total. The average Bonchev–Trinajstić information content (AvgIpc) is 2.03. The molecule has 0 radical (unpaired) electrons. The number of thiol groups is 1. The molecule has 0 aliphatic heterocycles. The van der Waals surface area contributed by atoms with E-state index in [1.165, 1.54) is 0 Å². The summed E-state index contributed by atoms with van der Waals surface area (Å²) in [5, 5.41) is 0. The topological polar surface area (TPSA) is 26.3 Å². The molecule has 74 valence electrons. The fourth-order valence-corrected chi connectivity index (χ4v) is 2.88. The van der Waals surface area contributed by atoms with E-state index in [2.05, 4.69) is 22.6 Å². The van der Waals surface area contributed by atoms with Gasteiger partial charge in [-0.3, -0.25) is 0 Å². The Balaban J connectivity index is 4.24. The van der Waals surface area contributed by atoms with Crippen molar-refractivity contribution in [1.82, 2.24) is 0 Å². The molecule has 1 unspecified atom stereocenters. The first kappa shape index (κ1) is 14.2. The molecule has 0 heterocycles. The van der Waals surface area contributed by atoms with Crippen LogP contribution in [0.1, 0.15) is 13.3 Å². The molecule has 0 aliphatic carbocycles. The van der Waals surface area contributed by atoms with Crippen LogP contribution in [-0.4, -0.2) is 18.9 Å². The maximum atomic E-state index is 10.4. The molecule has 13 heavy (non-hydrogen) atoms. The van der Waals surface area contributed by atoms with Crippen molar-refractivity contribution in [3.63, 3.8) is 0 Å². The van der Waals surface area contributed by atoms with E-state index in [4.69, 9.17) is 10.7 Å². The van der Waals surface area contributed by atoms with Gasteiger partial charge in [0.15, 0.2) is 0 Å². The molecule has 3 atom stereocenters. The van der Waals surface area contributed by atoms with Gasteiger partial charge in [-0.1, -0.05) is 0 Å². The Morgan fingerprint density at radius 2 is 2.31 bits per heavy atom. The molecular formula is C7H11BI2O2S. The van der Waals surface area contributed by atoms with Crippen molar-refractivity contribution in [3.8, 4) is 0 Å². The van der Waals surface area contributed by atoms with Crippen LogP contribution < -0.4 is 0 Å². The minimum absolute atomic E-state index is 0.0865. The van der Waals surface area contributed by atoms with Gasteiger partial charge in [-0.2, -0.15) is 0 Å². The quantitative estimate of drug-likeness (QED) is 0.318. The number of carbonyl (C=O) groups is 1.